The van der Waals surface area contributed by atoms with E-state index in [4.69, 9.17) is 14.2 Å². The van der Waals surface area contributed by atoms with Crippen molar-refractivity contribution in [1.82, 2.24) is 25.6 Å². The Bertz CT molecular complexity index is 2380. The first kappa shape index (κ1) is 46.2. The van der Waals surface area contributed by atoms with Crippen LogP contribution in [0.3, 0.4) is 0 Å². The second kappa shape index (κ2) is 17.3. The quantitative estimate of drug-likeness (QED) is 0.0522. The van der Waals surface area contributed by atoms with Crippen LogP contribution in [0.4, 0.5) is 10.5 Å². The summed E-state index contributed by atoms with van der Waals surface area (Å²) in [6.45, 7) is 9.30. The molecule has 6 aliphatic rings. The maximum atomic E-state index is 15.4. The third kappa shape index (κ3) is 6.83. The molecule has 65 heavy (non-hydrogen) atoms. The van der Waals surface area contributed by atoms with Gasteiger partial charge in [0.2, 0.25) is 0 Å². The van der Waals surface area contributed by atoms with Gasteiger partial charge in [-0.3, -0.25) is 24.8 Å². The Morgan fingerprint density at radius 3 is 2.52 bits per heavy atom. The summed E-state index contributed by atoms with van der Waals surface area (Å²) in [4.78, 5) is 53.4. The Labute approximate surface area is 388 Å². The molecule has 3 fully saturated rings. The molecule has 2 aromatic carbocycles. The number of nitrogens with zero attached hydrogens (tertiary/aromatic N) is 3. The molecule has 10 atom stereocenters. The van der Waals surface area contributed by atoms with Crippen LogP contribution in [0.2, 0.25) is 0 Å². The number of hydrazine groups is 1. The number of piperidine rings is 1. The molecule has 3 aromatic rings. The van der Waals surface area contributed by atoms with Gasteiger partial charge in [-0.15, -0.1) is 0 Å². The van der Waals surface area contributed by atoms with Crippen LogP contribution in [0.5, 0.6) is 5.75 Å². The van der Waals surface area contributed by atoms with Gasteiger partial charge >= 0.3 is 12.1 Å². The minimum atomic E-state index is -2.48. The van der Waals surface area contributed by atoms with Crippen LogP contribution in [0.25, 0.3) is 10.9 Å². The number of hydrogen-bond donors (Lipinski definition) is 6. The fourth-order valence-electron chi connectivity index (χ4n) is 13.6. The first-order valence-electron chi connectivity index (χ1n) is 23.1. The first-order chi connectivity index (χ1) is 31.2. The Morgan fingerprint density at radius 1 is 0.985 bits per heavy atom. The molecule has 1 aliphatic carbocycles. The minimum Gasteiger partial charge on any atom is -0.496 e. The predicted octanol–water partition coefficient (Wildman–Crippen LogP) is 4.41. The second-order valence-corrected chi connectivity index (χ2v) is 21.9. The number of aromatic nitrogens is 1. The van der Waals surface area contributed by atoms with E-state index in [0.29, 0.717) is 94.0 Å². The first-order valence-corrected chi connectivity index (χ1v) is 25.6. The van der Waals surface area contributed by atoms with E-state index in [1.165, 1.54) is 7.11 Å². The molecule has 9 rings (SSSR count). The summed E-state index contributed by atoms with van der Waals surface area (Å²) in [6, 6.07) is 10.7. The van der Waals surface area contributed by atoms with Gasteiger partial charge in [0, 0.05) is 95.5 Å². The van der Waals surface area contributed by atoms with Crippen molar-refractivity contribution in [3.8, 4) is 5.75 Å². The van der Waals surface area contributed by atoms with Crippen molar-refractivity contribution < 1.29 is 43.9 Å². The lowest BCUT2D eigenvalue weighted by molar-refractivity contribution is -0.204. The summed E-state index contributed by atoms with van der Waals surface area (Å²) in [5.74, 6) is 0.345. The third-order valence-corrected chi connectivity index (χ3v) is 18.5. The number of aliphatic hydroxyl groups excluding tert-OH is 1. The molecular formula is C48H64N6O9S2. The normalized spacial score (nSPS) is 34.6. The summed E-state index contributed by atoms with van der Waals surface area (Å²) in [6.07, 6.45) is 4.40. The zero-order valence-electron chi connectivity index (χ0n) is 38.3. The Morgan fingerprint density at radius 2 is 1.78 bits per heavy atom. The van der Waals surface area contributed by atoms with Crippen LogP contribution in [0.15, 0.2) is 48.6 Å². The fraction of sp³-hybridized carbons (Fsp3) is 0.604. The Kier molecular flexibility index (Phi) is 12.3. The highest BCUT2D eigenvalue weighted by Gasteiger charge is 2.79. The topological polar surface area (TPSA) is 189 Å². The highest BCUT2D eigenvalue weighted by Crippen LogP contribution is 2.67. The number of nitrogens with one attached hydrogen (secondary N) is 3. The molecule has 17 heteroatoms. The molecule has 352 valence electrons. The maximum Gasteiger partial charge on any atom is 0.426 e. The third-order valence-electron chi connectivity index (χ3n) is 16.1. The summed E-state index contributed by atoms with van der Waals surface area (Å²) in [7, 11) is 8.05. The van der Waals surface area contributed by atoms with Crippen LogP contribution in [-0.4, -0.2) is 150 Å². The molecule has 2 bridgehead atoms. The van der Waals surface area contributed by atoms with E-state index in [1.54, 1.807) is 28.7 Å². The highest BCUT2D eigenvalue weighted by molar-refractivity contribution is 8.76. The van der Waals surface area contributed by atoms with Gasteiger partial charge in [0.1, 0.15) is 23.9 Å². The van der Waals surface area contributed by atoms with E-state index < -0.39 is 57.6 Å². The average molecular weight is 933 g/mol. The van der Waals surface area contributed by atoms with Crippen LogP contribution in [0.1, 0.15) is 75.3 Å². The second-order valence-electron chi connectivity index (χ2n) is 19.1. The number of esters is 1. The molecule has 1 unspecified atom stereocenters. The van der Waals surface area contributed by atoms with Crippen LogP contribution in [-0.2, 0) is 36.3 Å². The number of likely N-dealkylation sites (N-methyl/N-ethyl adjacent to an activating group) is 1. The number of amides is 2. The largest absolute Gasteiger partial charge is 0.496 e. The molecule has 1 aromatic heterocycles. The van der Waals surface area contributed by atoms with Gasteiger partial charge in [-0.05, 0) is 74.2 Å². The summed E-state index contributed by atoms with van der Waals surface area (Å²) >= 11 is 0. The summed E-state index contributed by atoms with van der Waals surface area (Å²) in [5.41, 5.74) is 2.54. The van der Waals surface area contributed by atoms with E-state index in [9.17, 15) is 24.9 Å². The van der Waals surface area contributed by atoms with Gasteiger partial charge in [0.25, 0.3) is 5.91 Å². The average Bonchev–Trinajstić information content (AvgIpc) is 3.97. The molecule has 1 saturated carbocycles. The van der Waals surface area contributed by atoms with Crippen molar-refractivity contribution in [2.75, 3.05) is 77.0 Å². The van der Waals surface area contributed by atoms with Crippen LogP contribution >= 0.6 is 21.6 Å². The lowest BCUT2D eigenvalue weighted by atomic mass is 9.47. The lowest BCUT2D eigenvalue weighted by Crippen LogP contribution is -2.82. The molecule has 1 spiro atoms. The number of benzene rings is 2. The smallest absolute Gasteiger partial charge is 0.426 e. The molecular weight excluding hydrogens is 869 g/mol. The summed E-state index contributed by atoms with van der Waals surface area (Å²) < 4.78 is 17.7. The zero-order valence-corrected chi connectivity index (χ0v) is 39.9. The van der Waals surface area contributed by atoms with Crippen molar-refractivity contribution in [3.63, 3.8) is 0 Å². The molecule has 6 heterocycles. The van der Waals surface area contributed by atoms with E-state index in [1.807, 2.05) is 69.1 Å². The standard InChI is InChI=1S/C48H64N6O9S2/c1-7-44(59)25-29-26-47(42(57)62-6,37-31(15-19-53(27-29)28-44)30-13-10-11-14-34(30)49-37)33-23-32-35(24-36(33)61-5)52(4)39-46(32)17-20-54-18-12-16-45(8-2,38(46)54)40(55)48(39,60)41(56)50-51-43(58)63-21-22-65-64-9-3/h10-14,16,23-24,29,38-40,49,55,59-60H,7-9,15,17-22,25-28H2,1-6H3,(H,50,56)(H,51,58)/t29-,38+,39-,40-,44+,45-,46-,47+,48+/m1/s1. The van der Waals surface area contributed by atoms with Crippen molar-refractivity contribution in [2.45, 2.75) is 99.5 Å². The number of hydrogen-bond acceptors (Lipinski definition) is 14. The number of fused-ring (bicyclic) bond motifs is 6. The zero-order chi connectivity index (χ0) is 46.1. The molecule has 15 nitrogen and oxygen atoms in total. The molecule has 6 N–H and O–H groups in total. The van der Waals surface area contributed by atoms with E-state index in [0.717, 1.165) is 33.5 Å². The maximum absolute atomic E-state index is 15.4. The Balaban J connectivity index is 1.24. The number of carbonyl (C=O) groups excluding carboxylic acids is 3. The van der Waals surface area contributed by atoms with Crippen molar-refractivity contribution in [1.29, 1.82) is 0 Å². The lowest BCUT2D eigenvalue weighted by Gasteiger charge is -2.63. The minimum absolute atomic E-state index is 0.118. The Hall–Kier alpha value is -3.97. The number of rotatable bonds is 11. The highest BCUT2D eigenvalue weighted by atomic mass is 33.1. The molecule has 2 saturated heterocycles. The number of anilines is 1. The van der Waals surface area contributed by atoms with Crippen molar-refractivity contribution in [3.05, 3.63) is 70.9 Å². The van der Waals surface area contributed by atoms with Crippen LogP contribution < -0.4 is 20.5 Å². The molecule has 0 radical (unpaired) electrons. The van der Waals surface area contributed by atoms with E-state index in [2.05, 4.69) is 37.8 Å². The SMILES string of the molecule is CCSSCCOC(=O)NNC(=O)[C@@]1(O)[C@H](O)[C@]2(CC)C=CCN3CC[C@@]4(c5cc([C@@]6(C(=O)OC)C[C@@H]7CN(CCc8c6[nH]c6ccccc86)C[C@](O)(CC)C7)c(OC)cc5N(C)[C@@H]14)[C@@H]32. The van der Waals surface area contributed by atoms with Gasteiger partial charge in [0.05, 0.1) is 25.9 Å². The fourth-order valence-corrected chi connectivity index (χ4v) is 15.1. The van der Waals surface area contributed by atoms with Crippen LogP contribution in [0, 0.1) is 11.3 Å². The summed E-state index contributed by atoms with van der Waals surface area (Å²) in [5, 5.41) is 39.2. The van der Waals surface area contributed by atoms with Gasteiger partial charge in [0.15, 0.2) is 5.60 Å². The molecule has 2 amide bonds. The van der Waals surface area contributed by atoms with E-state index >= 15 is 4.79 Å². The number of para-hydroxylation sites is 1. The number of H-pyrrole nitrogens is 1. The number of aromatic amines is 1. The van der Waals surface area contributed by atoms with Gasteiger partial charge in [-0.2, -0.15) is 0 Å². The number of methoxy groups -OCH3 is 2. The number of carbonyl (C=O) groups is 3. The monoisotopic (exact) mass is 932 g/mol. The number of ether oxygens (including phenoxy) is 3. The van der Waals surface area contributed by atoms with E-state index in [-0.39, 0.29) is 18.6 Å². The van der Waals surface area contributed by atoms with Gasteiger partial charge in [-0.1, -0.05) is 72.7 Å². The van der Waals surface area contributed by atoms with Crippen molar-refractivity contribution in [2.24, 2.45) is 11.3 Å². The number of aliphatic hydroxyl groups is 3. The van der Waals surface area contributed by atoms with Crippen molar-refractivity contribution >= 4 is 56.1 Å². The molecule has 5 aliphatic heterocycles. The predicted molar refractivity (Wildman–Crippen MR) is 252 cm³/mol. The van der Waals surface area contributed by atoms with Gasteiger partial charge < -0.3 is 39.4 Å². The van der Waals surface area contributed by atoms with Gasteiger partial charge in [-0.25, -0.2) is 10.2 Å².